The molecule has 7 nitrogen and oxygen atoms in total. The van der Waals surface area contributed by atoms with E-state index in [4.69, 9.17) is 37.8 Å². The molecule has 0 atom stereocenters. The van der Waals surface area contributed by atoms with E-state index in [1.165, 1.54) is 24.8 Å². The van der Waals surface area contributed by atoms with Crippen molar-refractivity contribution >= 4 is 0 Å². The van der Waals surface area contributed by atoms with Crippen molar-refractivity contribution in [2.45, 2.75) is 0 Å². The molecule has 0 amide bonds. The van der Waals surface area contributed by atoms with Crippen LogP contribution >= 0.6 is 0 Å². The molecule has 0 saturated carbocycles. The van der Waals surface area contributed by atoms with E-state index in [2.05, 4.69) is 0 Å². The van der Waals surface area contributed by atoms with Crippen LogP contribution in [0.2, 0.25) is 0 Å². The summed E-state index contributed by atoms with van der Waals surface area (Å²) < 4.78 is 0. The van der Waals surface area contributed by atoms with Crippen LogP contribution in [-0.4, -0.2) is 13.1 Å². The second-order valence-electron chi connectivity index (χ2n) is 1.86. The smallest absolute Gasteiger partial charge is 0.00461 e. The maximum absolute atomic E-state index is 8.35. The SMILES string of the molecule is N#[C][Fe]([C]#N)([C]#N)([C]#N)[C]#N.NCCN. The van der Waals surface area contributed by atoms with Crippen LogP contribution in [0.25, 0.3) is 0 Å². The zero-order chi connectivity index (χ0) is 12.4. The van der Waals surface area contributed by atoms with Gasteiger partial charge in [-0.05, 0) is 0 Å². The molecular formula is C7H8FeN7. The molecule has 4 N–H and O–H groups in total. The second kappa shape index (κ2) is 6.36. The quantitative estimate of drug-likeness (QED) is 0.557. The maximum atomic E-state index is 8.35. The summed E-state index contributed by atoms with van der Waals surface area (Å²) in [5.74, 6) is 0. The molecule has 0 heterocycles. The number of nitriles is 5. The molecule has 0 bridgehead atoms. The molecule has 0 aliphatic heterocycles. The van der Waals surface area contributed by atoms with Crippen molar-refractivity contribution in [1.82, 2.24) is 0 Å². The molecule has 0 saturated heterocycles. The number of nitrogens with zero attached hydrogens (tertiary/aromatic N) is 5. The fourth-order valence-electron chi connectivity index (χ4n) is 0.177. The first kappa shape index (κ1) is 15.4. The predicted octanol–water partition coefficient (Wildman–Crippen LogP) is -1.01. The molecule has 0 fully saturated rings. The van der Waals surface area contributed by atoms with E-state index in [0.29, 0.717) is 13.1 Å². The summed E-state index contributed by atoms with van der Waals surface area (Å²) in [5, 5.41) is 41.8. The topological polar surface area (TPSA) is 171 Å². The molecule has 0 aromatic carbocycles. The third-order valence-corrected chi connectivity index (χ3v) is 3.43. The van der Waals surface area contributed by atoms with Crippen LogP contribution in [0, 0.1) is 51.1 Å². The zero-order valence-corrected chi connectivity index (χ0v) is 8.76. The molecule has 0 radical (unpaired) electrons. The molecule has 79 valence electrons. The van der Waals surface area contributed by atoms with Gasteiger partial charge in [-0.25, -0.2) is 0 Å². The van der Waals surface area contributed by atoms with Crippen molar-refractivity contribution in [2.75, 3.05) is 13.1 Å². The first-order valence-corrected chi connectivity index (χ1v) is 6.08. The van der Waals surface area contributed by atoms with Crippen molar-refractivity contribution in [3.63, 3.8) is 0 Å². The first-order chi connectivity index (χ1) is 7.03. The van der Waals surface area contributed by atoms with Crippen LogP contribution in [0.1, 0.15) is 0 Å². The van der Waals surface area contributed by atoms with Crippen LogP contribution < -0.4 is 11.5 Å². The largest absolute Gasteiger partial charge is 0.329 e. The molecule has 0 spiro atoms. The fraction of sp³-hybridized carbons (Fsp3) is 0.286. The summed E-state index contributed by atoms with van der Waals surface area (Å²) in [6.45, 7) is 1.19. The summed E-state index contributed by atoms with van der Waals surface area (Å²) in [7, 11) is 0. The summed E-state index contributed by atoms with van der Waals surface area (Å²) in [5.41, 5.74) is 9.81. The van der Waals surface area contributed by atoms with E-state index in [-0.39, 0.29) is 0 Å². The zero-order valence-electron chi connectivity index (χ0n) is 7.66. The molecule has 0 aromatic heterocycles. The van der Waals surface area contributed by atoms with Crippen LogP contribution in [-0.2, 0) is 11.8 Å². The third kappa shape index (κ3) is 3.26. The monoisotopic (exact) mass is 246 g/mol. The predicted molar refractivity (Wildman–Crippen MR) is 46.2 cm³/mol. The van der Waals surface area contributed by atoms with E-state index < -0.39 is 11.8 Å². The van der Waals surface area contributed by atoms with Crippen LogP contribution in [0.3, 0.4) is 0 Å². The summed E-state index contributed by atoms with van der Waals surface area (Å²) in [6, 6.07) is 0. The Morgan fingerprint density at radius 1 is 0.667 bits per heavy atom. The Hall–Kier alpha value is -2.11. The number of nitrogens with two attached hydrogens (primary N) is 2. The Balaban J connectivity index is 0. The van der Waals surface area contributed by atoms with Gasteiger partial charge in [0.25, 0.3) is 0 Å². The van der Waals surface area contributed by atoms with Crippen molar-refractivity contribution in [2.24, 2.45) is 11.5 Å². The Labute approximate surface area is 87.9 Å². The van der Waals surface area contributed by atoms with Gasteiger partial charge >= 0.3 is 62.9 Å². The number of hydrogen-bond donors (Lipinski definition) is 2. The van der Waals surface area contributed by atoms with Gasteiger partial charge in [0.1, 0.15) is 0 Å². The minimum Gasteiger partial charge on any atom is -0.329 e. The minimum absolute atomic E-state index is 0.597. The molecule has 0 aromatic rings. The van der Waals surface area contributed by atoms with Gasteiger partial charge < -0.3 is 11.5 Å². The van der Waals surface area contributed by atoms with Gasteiger partial charge in [0.2, 0.25) is 0 Å². The van der Waals surface area contributed by atoms with E-state index >= 15 is 0 Å². The van der Waals surface area contributed by atoms with Gasteiger partial charge in [0.05, 0.1) is 0 Å². The summed E-state index contributed by atoms with van der Waals surface area (Å²) in [6.07, 6.45) is 0. The number of rotatable bonds is 1. The molecular weight excluding hydrogens is 238 g/mol. The second-order valence-corrected chi connectivity index (χ2v) is 5.85. The third-order valence-electron chi connectivity index (χ3n) is 0.957. The fourth-order valence-corrected chi connectivity index (χ4v) is 0.729. The minimum atomic E-state index is -4.78. The van der Waals surface area contributed by atoms with Gasteiger partial charge in [-0.1, -0.05) is 0 Å². The summed E-state index contributed by atoms with van der Waals surface area (Å²) >= 11 is -4.78. The molecule has 0 aliphatic rings. The molecule has 0 aliphatic carbocycles. The Kier molecular flexibility index (Phi) is 6.51. The van der Waals surface area contributed by atoms with E-state index in [9.17, 15) is 0 Å². The van der Waals surface area contributed by atoms with Crippen LogP contribution in [0.15, 0.2) is 0 Å². The molecule has 15 heavy (non-hydrogen) atoms. The van der Waals surface area contributed by atoms with E-state index in [0.717, 1.165) is 0 Å². The number of hydrogen-bond acceptors (Lipinski definition) is 7. The van der Waals surface area contributed by atoms with Crippen LogP contribution in [0.4, 0.5) is 0 Å². The molecule has 8 heteroatoms. The van der Waals surface area contributed by atoms with Gasteiger partial charge in [0.15, 0.2) is 0 Å². The average Bonchev–Trinajstić information content (AvgIpc) is 2.35. The van der Waals surface area contributed by atoms with Crippen molar-refractivity contribution in [3.8, 4) is 24.8 Å². The van der Waals surface area contributed by atoms with E-state index in [1.807, 2.05) is 0 Å². The van der Waals surface area contributed by atoms with Crippen LogP contribution in [0.5, 0.6) is 0 Å². The van der Waals surface area contributed by atoms with Crippen molar-refractivity contribution < 1.29 is 11.8 Å². The van der Waals surface area contributed by atoms with Gasteiger partial charge in [-0.3, -0.25) is 0 Å². The molecule has 0 unspecified atom stereocenters. The first-order valence-electron chi connectivity index (χ1n) is 3.32. The molecule has 0 rings (SSSR count). The Bertz CT molecular complexity index is 320. The van der Waals surface area contributed by atoms with Crippen molar-refractivity contribution in [3.05, 3.63) is 0 Å². The van der Waals surface area contributed by atoms with Gasteiger partial charge in [-0.2, -0.15) is 0 Å². The normalized spacial score (nSPS) is 10.3. The van der Waals surface area contributed by atoms with Crippen molar-refractivity contribution in [1.29, 1.82) is 26.3 Å². The standard InChI is InChI=1S/C2H8N2.5CN.Fe/c3-1-2-4;5*1-2;/h1-4H2;;;;;;. The maximum Gasteiger partial charge on any atom is 0.00461 e. The summed E-state index contributed by atoms with van der Waals surface area (Å²) in [4.78, 5) is 6.12. The average molecular weight is 246 g/mol. The Morgan fingerprint density at radius 2 is 0.867 bits per heavy atom. The van der Waals surface area contributed by atoms with Gasteiger partial charge in [0, 0.05) is 13.1 Å². The Morgan fingerprint density at radius 3 is 0.867 bits per heavy atom. The van der Waals surface area contributed by atoms with E-state index in [1.54, 1.807) is 0 Å². The van der Waals surface area contributed by atoms with Gasteiger partial charge in [-0.15, -0.1) is 0 Å².